The minimum Gasteiger partial charge on any atom is -0.368 e. The molecule has 0 rings (SSSR count). The summed E-state index contributed by atoms with van der Waals surface area (Å²) in [4.78, 5) is 0. The maximum atomic E-state index is 6.28. The lowest BCUT2D eigenvalue weighted by Gasteiger charge is -2.30. The number of rotatable bonds is 9. The molecule has 19 heavy (non-hydrogen) atoms. The van der Waals surface area contributed by atoms with Gasteiger partial charge in [-0.2, -0.15) is 0 Å². The van der Waals surface area contributed by atoms with E-state index >= 15 is 0 Å². The van der Waals surface area contributed by atoms with Crippen LogP contribution in [0.4, 0.5) is 0 Å². The van der Waals surface area contributed by atoms with E-state index in [0.717, 1.165) is 19.3 Å². The fourth-order valence-corrected chi connectivity index (χ4v) is 3.01. The van der Waals surface area contributed by atoms with Crippen LogP contribution in [0.2, 0.25) is 0 Å². The second kappa shape index (κ2) is 9.98. The molecule has 0 bridgehead atoms. The van der Waals surface area contributed by atoms with Gasteiger partial charge >= 0.3 is 0 Å². The van der Waals surface area contributed by atoms with Gasteiger partial charge in [-0.3, -0.25) is 0 Å². The molecule has 0 aromatic heterocycles. The van der Waals surface area contributed by atoms with E-state index in [1.54, 1.807) is 0 Å². The van der Waals surface area contributed by atoms with Gasteiger partial charge in [0.1, 0.15) is 0 Å². The van der Waals surface area contributed by atoms with Crippen molar-refractivity contribution in [1.82, 2.24) is 0 Å². The zero-order valence-corrected chi connectivity index (χ0v) is 15.5. The molecule has 0 fully saturated rings. The number of unbranched alkanes of at least 4 members (excludes halogenated alkanes) is 1. The first-order valence-electron chi connectivity index (χ1n) is 7.51. The summed E-state index contributed by atoms with van der Waals surface area (Å²) in [6.45, 7) is 14.8. The van der Waals surface area contributed by atoms with Crippen LogP contribution in [0.3, 0.4) is 0 Å². The fraction of sp³-hybridized carbons (Fsp3) is 0.765. The second-order valence-corrected chi connectivity index (χ2v) is 7.34. The number of hydrogen-bond donors (Lipinski definition) is 0. The third-order valence-electron chi connectivity index (χ3n) is 2.90. The van der Waals surface area contributed by atoms with Crippen molar-refractivity contribution in [2.45, 2.75) is 84.8 Å². The number of allylic oxidation sites excluding steroid dienone is 2. The van der Waals surface area contributed by atoms with Crippen molar-refractivity contribution >= 4 is 22.6 Å². The molecule has 1 unspecified atom stereocenters. The lowest BCUT2D eigenvalue weighted by molar-refractivity contribution is -0.0471. The number of hydrogen-bond acceptors (Lipinski definition) is 1. The van der Waals surface area contributed by atoms with Gasteiger partial charge in [-0.25, -0.2) is 0 Å². The molecule has 2 heteroatoms. The van der Waals surface area contributed by atoms with Gasteiger partial charge in [0.15, 0.2) is 0 Å². The highest BCUT2D eigenvalue weighted by molar-refractivity contribution is 14.1. The van der Waals surface area contributed by atoms with Crippen molar-refractivity contribution in [3.63, 3.8) is 0 Å². The fourth-order valence-electron chi connectivity index (χ4n) is 2.06. The Morgan fingerprint density at radius 2 is 1.89 bits per heavy atom. The van der Waals surface area contributed by atoms with Crippen molar-refractivity contribution < 1.29 is 4.74 Å². The molecule has 0 saturated heterocycles. The average molecular weight is 378 g/mol. The van der Waals surface area contributed by atoms with E-state index in [9.17, 15) is 0 Å². The van der Waals surface area contributed by atoms with Crippen molar-refractivity contribution in [1.29, 1.82) is 0 Å². The molecule has 0 heterocycles. The van der Waals surface area contributed by atoms with Crippen LogP contribution >= 0.6 is 22.6 Å². The predicted molar refractivity (Wildman–Crippen MR) is 94.9 cm³/mol. The van der Waals surface area contributed by atoms with Crippen LogP contribution in [-0.2, 0) is 4.74 Å². The molecule has 1 atom stereocenters. The SMILES string of the molecule is C=CC/C(=C(\I)CCCC)C(CCC)OC(C)(C)C. The van der Waals surface area contributed by atoms with Gasteiger partial charge in [-0.1, -0.05) is 32.8 Å². The van der Waals surface area contributed by atoms with Crippen LogP contribution in [0.15, 0.2) is 21.8 Å². The van der Waals surface area contributed by atoms with Gasteiger partial charge in [0.25, 0.3) is 0 Å². The van der Waals surface area contributed by atoms with Crippen LogP contribution in [0, 0.1) is 0 Å². The molecule has 112 valence electrons. The van der Waals surface area contributed by atoms with Crippen LogP contribution in [-0.4, -0.2) is 11.7 Å². The molecule has 0 aromatic rings. The summed E-state index contributed by atoms with van der Waals surface area (Å²) < 4.78 is 7.76. The molecule has 0 aliphatic rings. The summed E-state index contributed by atoms with van der Waals surface area (Å²) in [7, 11) is 0. The lowest BCUT2D eigenvalue weighted by atomic mass is 9.99. The summed E-state index contributed by atoms with van der Waals surface area (Å²) in [6.07, 6.45) is 9.12. The van der Waals surface area contributed by atoms with Crippen molar-refractivity contribution in [3.8, 4) is 0 Å². The monoisotopic (exact) mass is 378 g/mol. The Kier molecular flexibility index (Phi) is 10.1. The maximum absolute atomic E-state index is 6.28. The van der Waals surface area contributed by atoms with Crippen molar-refractivity contribution in [2.75, 3.05) is 0 Å². The quantitative estimate of drug-likeness (QED) is 0.332. The predicted octanol–water partition coefficient (Wildman–Crippen LogP) is 6.43. The van der Waals surface area contributed by atoms with Crippen molar-refractivity contribution in [2.24, 2.45) is 0 Å². The van der Waals surface area contributed by atoms with E-state index in [4.69, 9.17) is 4.74 Å². The Bertz CT molecular complexity index is 286. The average Bonchev–Trinajstić information content (AvgIpc) is 2.31. The highest BCUT2D eigenvalue weighted by Crippen LogP contribution is 2.30. The van der Waals surface area contributed by atoms with Crippen molar-refractivity contribution in [3.05, 3.63) is 21.8 Å². The van der Waals surface area contributed by atoms with Crippen LogP contribution in [0.5, 0.6) is 0 Å². The van der Waals surface area contributed by atoms with E-state index in [0.29, 0.717) is 0 Å². The van der Waals surface area contributed by atoms with E-state index in [1.807, 2.05) is 6.08 Å². The Hall–Kier alpha value is 0.170. The van der Waals surface area contributed by atoms with E-state index in [2.05, 4.69) is 63.8 Å². The summed E-state index contributed by atoms with van der Waals surface area (Å²) in [5.74, 6) is 0. The van der Waals surface area contributed by atoms with Gasteiger partial charge in [-0.15, -0.1) is 6.58 Å². The van der Waals surface area contributed by atoms with Crippen LogP contribution in [0.1, 0.15) is 73.1 Å². The van der Waals surface area contributed by atoms with Gasteiger partial charge in [0.2, 0.25) is 0 Å². The van der Waals surface area contributed by atoms with Gasteiger partial charge in [0.05, 0.1) is 11.7 Å². The number of halogens is 1. The molecular weight excluding hydrogens is 347 g/mol. The largest absolute Gasteiger partial charge is 0.368 e. The molecular formula is C17H31IO. The molecule has 0 radical (unpaired) electrons. The topological polar surface area (TPSA) is 9.23 Å². The molecule has 0 saturated carbocycles. The molecule has 0 aliphatic heterocycles. The highest BCUT2D eigenvalue weighted by Gasteiger charge is 2.22. The van der Waals surface area contributed by atoms with Crippen LogP contribution in [0.25, 0.3) is 0 Å². The minimum absolute atomic E-state index is 0.0894. The summed E-state index contributed by atoms with van der Waals surface area (Å²) >= 11 is 2.51. The molecule has 1 nitrogen and oxygen atoms in total. The Balaban J connectivity index is 5.08. The Labute approximate surface area is 134 Å². The highest BCUT2D eigenvalue weighted by atomic mass is 127. The minimum atomic E-state index is -0.0894. The zero-order valence-electron chi connectivity index (χ0n) is 13.4. The maximum Gasteiger partial charge on any atom is 0.0805 e. The van der Waals surface area contributed by atoms with E-state index in [-0.39, 0.29) is 11.7 Å². The zero-order chi connectivity index (χ0) is 14.9. The Morgan fingerprint density at radius 1 is 1.26 bits per heavy atom. The summed E-state index contributed by atoms with van der Waals surface area (Å²) in [5.41, 5.74) is 1.36. The normalized spacial score (nSPS) is 15.1. The number of ether oxygens (including phenoxy) is 1. The molecule has 0 amide bonds. The van der Waals surface area contributed by atoms with E-state index < -0.39 is 0 Å². The third-order valence-corrected chi connectivity index (χ3v) is 4.13. The van der Waals surface area contributed by atoms with E-state index in [1.165, 1.54) is 28.4 Å². The second-order valence-electron chi connectivity index (χ2n) is 6.03. The first kappa shape index (κ1) is 19.2. The summed E-state index contributed by atoms with van der Waals surface area (Å²) in [5, 5.41) is 0. The first-order chi connectivity index (χ1) is 8.85. The van der Waals surface area contributed by atoms with Crippen LogP contribution < -0.4 is 0 Å². The van der Waals surface area contributed by atoms with Gasteiger partial charge < -0.3 is 4.74 Å². The Morgan fingerprint density at radius 3 is 2.32 bits per heavy atom. The molecule has 0 aromatic carbocycles. The smallest absolute Gasteiger partial charge is 0.0805 e. The van der Waals surface area contributed by atoms with Gasteiger partial charge in [0, 0.05) is 0 Å². The van der Waals surface area contributed by atoms with Gasteiger partial charge in [-0.05, 0) is 78.2 Å². The molecule has 0 aliphatic carbocycles. The summed E-state index contributed by atoms with van der Waals surface area (Å²) in [6, 6.07) is 0. The standard InChI is InChI=1S/C17H31IO/c1-7-10-13-15(18)14(11-8-2)16(12-9-3)19-17(4,5)6/h8,16H,2,7,9-13H2,1,3-6H3/b15-14+. The lowest BCUT2D eigenvalue weighted by Crippen LogP contribution is -2.29. The molecule has 0 N–H and O–H groups in total. The third kappa shape index (κ3) is 8.85. The molecule has 0 spiro atoms. The first-order valence-corrected chi connectivity index (χ1v) is 8.59.